The Morgan fingerprint density at radius 2 is 1.84 bits per heavy atom. The van der Waals surface area contributed by atoms with Gasteiger partial charge < -0.3 is 4.74 Å². The van der Waals surface area contributed by atoms with Crippen molar-refractivity contribution in [2.45, 2.75) is 33.1 Å². The van der Waals surface area contributed by atoms with Crippen LogP contribution in [-0.2, 0) is 5.41 Å². The number of nitrogens with zero attached hydrogens (tertiary/aromatic N) is 1. The van der Waals surface area contributed by atoms with E-state index in [4.69, 9.17) is 4.74 Å². The third-order valence-corrected chi connectivity index (χ3v) is 2.89. The van der Waals surface area contributed by atoms with Crippen molar-refractivity contribution < 1.29 is 9.13 Å². The van der Waals surface area contributed by atoms with Crippen LogP contribution in [0, 0.1) is 12.7 Å². The molecule has 0 N–H and O–H groups in total. The first kappa shape index (κ1) is 13.5. The molecule has 0 fully saturated rings. The van der Waals surface area contributed by atoms with Crippen LogP contribution in [0.25, 0.3) is 0 Å². The normalized spacial score (nSPS) is 11.4. The molecule has 0 radical (unpaired) electrons. The molecular weight excluding hydrogens is 241 g/mol. The van der Waals surface area contributed by atoms with Gasteiger partial charge in [-0.25, -0.2) is 4.39 Å². The highest BCUT2D eigenvalue weighted by Gasteiger charge is 2.16. The van der Waals surface area contributed by atoms with Crippen molar-refractivity contribution in [3.63, 3.8) is 0 Å². The van der Waals surface area contributed by atoms with Crippen molar-refractivity contribution >= 4 is 0 Å². The van der Waals surface area contributed by atoms with E-state index in [-0.39, 0.29) is 17.0 Å². The smallest absolute Gasteiger partial charge is 0.166 e. The Kier molecular flexibility index (Phi) is 3.56. The van der Waals surface area contributed by atoms with Gasteiger partial charge >= 0.3 is 0 Å². The van der Waals surface area contributed by atoms with Gasteiger partial charge in [-0.05, 0) is 36.1 Å². The predicted molar refractivity (Wildman–Crippen MR) is 74.1 cm³/mol. The van der Waals surface area contributed by atoms with Crippen LogP contribution in [0.2, 0.25) is 0 Å². The molecule has 1 aromatic heterocycles. The van der Waals surface area contributed by atoms with Crippen molar-refractivity contribution in [1.29, 1.82) is 0 Å². The van der Waals surface area contributed by atoms with Gasteiger partial charge in [0.1, 0.15) is 5.75 Å². The van der Waals surface area contributed by atoms with Crippen LogP contribution in [0.15, 0.2) is 36.5 Å². The molecule has 0 amide bonds. The second kappa shape index (κ2) is 5.00. The summed E-state index contributed by atoms with van der Waals surface area (Å²) in [6.07, 6.45) is 1.64. The zero-order chi connectivity index (χ0) is 14.0. The summed E-state index contributed by atoms with van der Waals surface area (Å²) < 4.78 is 19.6. The largest absolute Gasteiger partial charge is 0.454 e. The molecule has 0 unspecified atom stereocenters. The van der Waals surface area contributed by atoms with Gasteiger partial charge in [0.05, 0.1) is 0 Å². The molecule has 100 valence electrons. The molecule has 0 aliphatic heterocycles. The van der Waals surface area contributed by atoms with Gasteiger partial charge in [0.25, 0.3) is 0 Å². The Morgan fingerprint density at radius 1 is 1.11 bits per heavy atom. The number of rotatable bonds is 2. The maximum absolute atomic E-state index is 14.0. The number of benzene rings is 1. The van der Waals surface area contributed by atoms with E-state index in [9.17, 15) is 4.39 Å². The molecular formula is C16H18FNO. The monoisotopic (exact) mass is 259 g/mol. The number of aromatic nitrogens is 1. The standard InChI is InChI=1S/C16H18FNO/c1-11-9-13(7-8-18-11)19-15-6-5-12(10-14(15)17)16(2,3)4/h5-10H,1-4H3. The summed E-state index contributed by atoms with van der Waals surface area (Å²) in [5.41, 5.74) is 1.71. The van der Waals surface area contributed by atoms with Crippen LogP contribution in [0.4, 0.5) is 4.39 Å². The fourth-order valence-electron chi connectivity index (χ4n) is 1.76. The summed E-state index contributed by atoms with van der Waals surface area (Å²) in [7, 11) is 0. The van der Waals surface area contributed by atoms with Crippen LogP contribution in [0.5, 0.6) is 11.5 Å². The van der Waals surface area contributed by atoms with Crippen molar-refractivity contribution in [1.82, 2.24) is 4.98 Å². The van der Waals surface area contributed by atoms with Crippen LogP contribution < -0.4 is 4.74 Å². The van der Waals surface area contributed by atoms with Gasteiger partial charge in [-0.1, -0.05) is 26.8 Å². The number of ether oxygens (including phenoxy) is 1. The Morgan fingerprint density at radius 3 is 2.42 bits per heavy atom. The lowest BCUT2D eigenvalue weighted by molar-refractivity contribution is 0.438. The lowest BCUT2D eigenvalue weighted by Gasteiger charge is -2.19. The van der Waals surface area contributed by atoms with Gasteiger partial charge in [-0.15, -0.1) is 0 Å². The van der Waals surface area contributed by atoms with Gasteiger partial charge in [0.15, 0.2) is 11.6 Å². The first-order valence-electron chi connectivity index (χ1n) is 6.27. The van der Waals surface area contributed by atoms with Crippen molar-refractivity contribution in [3.8, 4) is 11.5 Å². The summed E-state index contributed by atoms with van der Waals surface area (Å²) in [6, 6.07) is 8.59. The molecule has 0 aliphatic rings. The summed E-state index contributed by atoms with van der Waals surface area (Å²) in [5.74, 6) is 0.482. The average molecular weight is 259 g/mol. The minimum atomic E-state index is -0.345. The molecule has 2 nitrogen and oxygen atoms in total. The lowest BCUT2D eigenvalue weighted by atomic mass is 9.87. The number of hydrogen-bond donors (Lipinski definition) is 0. The Bertz CT molecular complexity index is 588. The molecule has 0 spiro atoms. The average Bonchev–Trinajstić information content (AvgIpc) is 2.30. The minimum absolute atomic E-state index is 0.0768. The first-order chi connectivity index (χ1) is 8.86. The first-order valence-corrected chi connectivity index (χ1v) is 6.27. The molecule has 1 heterocycles. The van der Waals surface area contributed by atoms with E-state index in [1.54, 1.807) is 24.4 Å². The van der Waals surface area contributed by atoms with Crippen LogP contribution in [-0.4, -0.2) is 4.98 Å². The molecule has 0 saturated heterocycles. The molecule has 0 saturated carbocycles. The van der Waals surface area contributed by atoms with Gasteiger partial charge in [-0.3, -0.25) is 4.98 Å². The number of halogens is 1. The van der Waals surface area contributed by atoms with E-state index >= 15 is 0 Å². The highest BCUT2D eigenvalue weighted by atomic mass is 19.1. The predicted octanol–water partition coefficient (Wildman–Crippen LogP) is 4.62. The maximum atomic E-state index is 14.0. The number of hydrogen-bond acceptors (Lipinski definition) is 2. The fraction of sp³-hybridized carbons (Fsp3) is 0.312. The molecule has 1 aromatic carbocycles. The molecule has 0 bridgehead atoms. The zero-order valence-electron chi connectivity index (χ0n) is 11.7. The topological polar surface area (TPSA) is 22.1 Å². The summed E-state index contributed by atoms with van der Waals surface area (Å²) >= 11 is 0. The van der Waals surface area contributed by atoms with Crippen LogP contribution >= 0.6 is 0 Å². The quantitative estimate of drug-likeness (QED) is 0.785. The highest BCUT2D eigenvalue weighted by molar-refractivity contribution is 5.36. The van der Waals surface area contributed by atoms with E-state index in [1.165, 1.54) is 6.07 Å². The van der Waals surface area contributed by atoms with Crippen LogP contribution in [0.3, 0.4) is 0 Å². The molecule has 3 heteroatoms. The van der Waals surface area contributed by atoms with E-state index in [0.29, 0.717) is 5.75 Å². The molecule has 0 atom stereocenters. The second-order valence-electron chi connectivity index (χ2n) is 5.63. The van der Waals surface area contributed by atoms with Gasteiger partial charge in [0.2, 0.25) is 0 Å². The summed E-state index contributed by atoms with van der Waals surface area (Å²) in [6.45, 7) is 8.02. The third-order valence-electron chi connectivity index (χ3n) is 2.89. The molecule has 2 aromatic rings. The number of aryl methyl sites for hydroxylation is 1. The van der Waals surface area contributed by atoms with Gasteiger partial charge in [-0.2, -0.15) is 0 Å². The van der Waals surface area contributed by atoms with E-state index < -0.39 is 0 Å². The molecule has 19 heavy (non-hydrogen) atoms. The Labute approximate surface area is 113 Å². The van der Waals surface area contributed by atoms with E-state index in [0.717, 1.165) is 11.3 Å². The Balaban J connectivity index is 2.27. The van der Waals surface area contributed by atoms with Crippen LogP contribution in [0.1, 0.15) is 32.0 Å². The Hall–Kier alpha value is -1.90. The van der Waals surface area contributed by atoms with Crippen molar-refractivity contribution in [2.24, 2.45) is 0 Å². The summed E-state index contributed by atoms with van der Waals surface area (Å²) in [4.78, 5) is 4.08. The fourth-order valence-corrected chi connectivity index (χ4v) is 1.76. The van der Waals surface area contributed by atoms with E-state index in [1.807, 2.05) is 13.0 Å². The van der Waals surface area contributed by atoms with Crippen molar-refractivity contribution in [3.05, 3.63) is 53.6 Å². The zero-order valence-corrected chi connectivity index (χ0v) is 11.7. The second-order valence-corrected chi connectivity index (χ2v) is 5.63. The van der Waals surface area contributed by atoms with Gasteiger partial charge in [0, 0.05) is 18.0 Å². The molecule has 2 rings (SSSR count). The summed E-state index contributed by atoms with van der Waals surface area (Å²) in [5, 5.41) is 0. The maximum Gasteiger partial charge on any atom is 0.166 e. The van der Waals surface area contributed by atoms with Crippen molar-refractivity contribution in [2.75, 3.05) is 0 Å². The molecule has 0 aliphatic carbocycles. The van der Waals surface area contributed by atoms with E-state index in [2.05, 4.69) is 25.8 Å². The highest BCUT2D eigenvalue weighted by Crippen LogP contribution is 2.29. The minimum Gasteiger partial charge on any atom is -0.454 e. The lowest BCUT2D eigenvalue weighted by Crippen LogP contribution is -2.11. The number of pyridine rings is 1. The SMILES string of the molecule is Cc1cc(Oc2ccc(C(C)(C)C)cc2F)ccn1. The third kappa shape index (κ3) is 3.31.